The molecule has 4 heteroatoms. The van der Waals surface area contributed by atoms with E-state index in [4.69, 9.17) is 4.74 Å². The molecule has 1 saturated carbocycles. The number of hydrogen-bond acceptors (Lipinski definition) is 3. The Morgan fingerprint density at radius 1 is 1.24 bits per heavy atom. The summed E-state index contributed by atoms with van der Waals surface area (Å²) in [5.41, 5.74) is 0. The summed E-state index contributed by atoms with van der Waals surface area (Å²) >= 11 is 0. The highest BCUT2D eigenvalue weighted by atomic mass is 16.5. The maximum absolute atomic E-state index is 11.5. The van der Waals surface area contributed by atoms with Crippen molar-refractivity contribution in [2.24, 2.45) is 5.92 Å². The van der Waals surface area contributed by atoms with Crippen LogP contribution in [0.5, 0.6) is 0 Å². The molecule has 0 radical (unpaired) electrons. The molecule has 0 aromatic rings. The molecule has 0 aromatic carbocycles. The summed E-state index contributed by atoms with van der Waals surface area (Å²) in [5, 5.41) is 6.13. The first kappa shape index (κ1) is 12.8. The van der Waals surface area contributed by atoms with E-state index in [9.17, 15) is 4.79 Å². The number of rotatable bonds is 7. The Morgan fingerprint density at radius 3 is 2.82 bits per heavy atom. The van der Waals surface area contributed by atoms with Crippen LogP contribution in [-0.2, 0) is 9.53 Å². The summed E-state index contributed by atoms with van der Waals surface area (Å²) in [6.45, 7) is 3.09. The maximum Gasteiger partial charge on any atom is 0.233 e. The van der Waals surface area contributed by atoms with E-state index in [2.05, 4.69) is 10.6 Å². The van der Waals surface area contributed by atoms with E-state index in [1.165, 1.54) is 25.7 Å². The van der Waals surface area contributed by atoms with Crippen LogP contribution in [0.15, 0.2) is 0 Å². The number of carbonyl (C=O) groups excluding carboxylic acids is 1. The van der Waals surface area contributed by atoms with Gasteiger partial charge in [0.15, 0.2) is 0 Å². The molecular formula is C13H24N2O2. The Bertz CT molecular complexity index is 236. The van der Waals surface area contributed by atoms with Gasteiger partial charge in [-0.2, -0.15) is 0 Å². The van der Waals surface area contributed by atoms with Gasteiger partial charge in [-0.3, -0.25) is 4.79 Å². The molecule has 1 saturated heterocycles. The molecule has 0 spiro atoms. The van der Waals surface area contributed by atoms with Gasteiger partial charge in [0.2, 0.25) is 5.91 Å². The summed E-state index contributed by atoms with van der Waals surface area (Å²) < 4.78 is 5.61. The average Bonchev–Trinajstić information content (AvgIpc) is 3.14. The fourth-order valence-electron chi connectivity index (χ4n) is 2.18. The average molecular weight is 240 g/mol. The van der Waals surface area contributed by atoms with Crippen LogP contribution in [0.25, 0.3) is 0 Å². The Balaban J connectivity index is 1.44. The first-order chi connectivity index (χ1) is 8.34. The van der Waals surface area contributed by atoms with Gasteiger partial charge in [-0.05, 0) is 51.0 Å². The third kappa shape index (κ3) is 5.50. The zero-order chi connectivity index (χ0) is 11.9. The van der Waals surface area contributed by atoms with Gasteiger partial charge in [0.1, 0.15) is 0 Å². The lowest BCUT2D eigenvalue weighted by molar-refractivity contribution is -0.120. The van der Waals surface area contributed by atoms with Crippen LogP contribution < -0.4 is 10.6 Å². The first-order valence-corrected chi connectivity index (χ1v) is 6.93. The number of hydrogen-bond donors (Lipinski definition) is 2. The minimum absolute atomic E-state index is 0.112. The maximum atomic E-state index is 11.5. The molecule has 4 nitrogen and oxygen atoms in total. The van der Waals surface area contributed by atoms with Crippen molar-refractivity contribution in [3.63, 3.8) is 0 Å². The van der Waals surface area contributed by atoms with Crippen molar-refractivity contribution in [2.45, 2.75) is 44.6 Å². The first-order valence-electron chi connectivity index (χ1n) is 6.93. The second kappa shape index (κ2) is 6.97. The van der Waals surface area contributed by atoms with Crippen molar-refractivity contribution < 1.29 is 9.53 Å². The summed E-state index contributed by atoms with van der Waals surface area (Å²) in [4.78, 5) is 11.5. The fourth-order valence-corrected chi connectivity index (χ4v) is 2.18. The molecule has 1 heterocycles. The summed E-state index contributed by atoms with van der Waals surface area (Å²) in [7, 11) is 0. The molecule has 2 rings (SSSR count). The predicted molar refractivity (Wildman–Crippen MR) is 66.8 cm³/mol. The highest BCUT2D eigenvalue weighted by Crippen LogP contribution is 2.27. The van der Waals surface area contributed by atoms with E-state index in [1.807, 2.05) is 0 Å². The molecular weight excluding hydrogens is 216 g/mol. The van der Waals surface area contributed by atoms with E-state index < -0.39 is 0 Å². The van der Waals surface area contributed by atoms with Gasteiger partial charge in [0.05, 0.1) is 12.6 Å². The summed E-state index contributed by atoms with van der Waals surface area (Å²) in [5.74, 6) is 0.944. The Hall–Kier alpha value is -0.610. The molecule has 1 aliphatic heterocycles. The van der Waals surface area contributed by atoms with E-state index >= 15 is 0 Å². The standard InChI is InChI=1S/C13H24N2O2/c16-13(10-14-9-11-4-5-11)15-7-6-12-3-1-2-8-17-12/h11-12,14H,1-10H2,(H,15,16). The minimum atomic E-state index is 0.112. The van der Waals surface area contributed by atoms with Crippen LogP contribution in [0.3, 0.4) is 0 Å². The molecule has 17 heavy (non-hydrogen) atoms. The van der Waals surface area contributed by atoms with Crippen molar-refractivity contribution in [1.29, 1.82) is 0 Å². The monoisotopic (exact) mass is 240 g/mol. The largest absolute Gasteiger partial charge is 0.378 e. The lowest BCUT2D eigenvalue weighted by Crippen LogP contribution is -2.36. The van der Waals surface area contributed by atoms with Crippen molar-refractivity contribution in [2.75, 3.05) is 26.2 Å². The van der Waals surface area contributed by atoms with Crippen LogP contribution in [0.1, 0.15) is 38.5 Å². The van der Waals surface area contributed by atoms with E-state index in [1.54, 1.807) is 0 Å². The van der Waals surface area contributed by atoms with Crippen molar-refractivity contribution in [3.05, 3.63) is 0 Å². The third-order valence-electron chi connectivity index (χ3n) is 3.48. The molecule has 1 amide bonds. The normalized spacial score (nSPS) is 24.6. The number of nitrogens with one attached hydrogen (secondary N) is 2. The highest BCUT2D eigenvalue weighted by molar-refractivity contribution is 5.77. The molecule has 2 N–H and O–H groups in total. The highest BCUT2D eigenvalue weighted by Gasteiger charge is 2.20. The smallest absolute Gasteiger partial charge is 0.233 e. The van der Waals surface area contributed by atoms with Gasteiger partial charge >= 0.3 is 0 Å². The number of ether oxygens (including phenoxy) is 1. The summed E-state index contributed by atoms with van der Waals surface area (Å²) in [6.07, 6.45) is 7.57. The fraction of sp³-hybridized carbons (Fsp3) is 0.923. The van der Waals surface area contributed by atoms with E-state index in [-0.39, 0.29) is 5.91 Å². The van der Waals surface area contributed by atoms with Crippen molar-refractivity contribution >= 4 is 5.91 Å². The molecule has 98 valence electrons. The van der Waals surface area contributed by atoms with Gasteiger partial charge in [-0.15, -0.1) is 0 Å². The lowest BCUT2D eigenvalue weighted by Gasteiger charge is -2.22. The van der Waals surface area contributed by atoms with Gasteiger partial charge in [-0.25, -0.2) is 0 Å². The number of carbonyl (C=O) groups is 1. The topological polar surface area (TPSA) is 50.4 Å². The third-order valence-corrected chi connectivity index (χ3v) is 3.48. The Kier molecular flexibility index (Phi) is 5.26. The molecule has 1 aliphatic carbocycles. The molecule has 0 aromatic heterocycles. The quantitative estimate of drug-likeness (QED) is 0.699. The Morgan fingerprint density at radius 2 is 2.12 bits per heavy atom. The number of amides is 1. The molecule has 2 fully saturated rings. The molecule has 2 aliphatic rings. The van der Waals surface area contributed by atoms with E-state index in [0.29, 0.717) is 12.6 Å². The second-order valence-corrected chi connectivity index (χ2v) is 5.20. The molecule has 0 bridgehead atoms. The van der Waals surface area contributed by atoms with Crippen LogP contribution in [-0.4, -0.2) is 38.3 Å². The predicted octanol–water partition coefficient (Wildman–Crippen LogP) is 1.06. The lowest BCUT2D eigenvalue weighted by atomic mass is 10.1. The van der Waals surface area contributed by atoms with Gasteiger partial charge < -0.3 is 15.4 Å². The molecule has 1 atom stereocenters. The van der Waals surface area contributed by atoms with Crippen LogP contribution in [0, 0.1) is 5.92 Å². The SMILES string of the molecule is O=C(CNCC1CC1)NCCC1CCCCO1. The zero-order valence-corrected chi connectivity index (χ0v) is 10.5. The van der Waals surface area contributed by atoms with Crippen molar-refractivity contribution in [3.8, 4) is 0 Å². The van der Waals surface area contributed by atoms with Gasteiger partial charge in [-0.1, -0.05) is 0 Å². The minimum Gasteiger partial charge on any atom is -0.378 e. The summed E-state index contributed by atoms with van der Waals surface area (Å²) in [6, 6.07) is 0. The van der Waals surface area contributed by atoms with Gasteiger partial charge in [0, 0.05) is 13.2 Å². The molecule has 1 unspecified atom stereocenters. The van der Waals surface area contributed by atoms with Crippen LogP contribution in [0.4, 0.5) is 0 Å². The van der Waals surface area contributed by atoms with Crippen molar-refractivity contribution in [1.82, 2.24) is 10.6 Å². The van der Waals surface area contributed by atoms with Crippen LogP contribution >= 0.6 is 0 Å². The second-order valence-electron chi connectivity index (χ2n) is 5.20. The van der Waals surface area contributed by atoms with Gasteiger partial charge in [0.25, 0.3) is 0 Å². The Labute approximate surface area is 103 Å². The van der Waals surface area contributed by atoms with E-state index in [0.717, 1.165) is 38.5 Å². The zero-order valence-electron chi connectivity index (χ0n) is 10.5. The van der Waals surface area contributed by atoms with Crippen LogP contribution in [0.2, 0.25) is 0 Å².